The fraction of sp³-hybridized carbons (Fsp3) is 0.923. The van der Waals surface area contributed by atoms with Crippen LogP contribution in [-0.4, -0.2) is 79.0 Å². The maximum absolute atomic E-state index is 11.9. The van der Waals surface area contributed by atoms with Crippen LogP contribution in [0.4, 0.5) is 0 Å². The third-order valence-corrected chi connectivity index (χ3v) is 7.02. The molecule has 126 valence electrons. The number of likely N-dealkylation sites (N-methyl/N-ethyl adjacent to an activating group) is 1. The van der Waals surface area contributed by atoms with Gasteiger partial charge in [0, 0.05) is 21.3 Å². The molecule has 0 spiro atoms. The molecule has 0 amide bonds. The van der Waals surface area contributed by atoms with Crippen LogP contribution >= 0.6 is 11.8 Å². The highest BCUT2D eigenvalue weighted by molar-refractivity contribution is 7.98. The van der Waals surface area contributed by atoms with Gasteiger partial charge in [0.15, 0.2) is 6.54 Å². The van der Waals surface area contributed by atoms with E-state index in [9.17, 15) is 4.79 Å². The summed E-state index contributed by atoms with van der Waals surface area (Å²) in [4.78, 5) is 11.9. The van der Waals surface area contributed by atoms with Crippen molar-refractivity contribution >= 4 is 26.5 Å². The first-order valence-electron chi connectivity index (χ1n) is 7.12. The third-order valence-electron chi connectivity index (χ3n) is 3.97. The number of carbonyl (C=O) groups is 1. The lowest BCUT2D eigenvalue weighted by Gasteiger charge is -2.37. The van der Waals surface area contributed by atoms with Crippen LogP contribution in [0.15, 0.2) is 0 Å². The Morgan fingerprint density at radius 1 is 1.10 bits per heavy atom. The highest BCUT2D eigenvalue weighted by atomic mass is 32.2. The second kappa shape index (κ2) is 10.6. The molecule has 0 radical (unpaired) electrons. The van der Waals surface area contributed by atoms with Crippen LogP contribution < -0.4 is 0 Å². The molecular weight excluding hydrogens is 310 g/mol. The second-order valence-electron chi connectivity index (χ2n) is 4.82. The summed E-state index contributed by atoms with van der Waals surface area (Å²) < 4.78 is 22.2. The second-order valence-corrected chi connectivity index (χ2v) is 8.73. The van der Waals surface area contributed by atoms with E-state index in [1.54, 1.807) is 21.3 Å². The number of nitrogens with zero attached hydrogens (tertiary/aromatic N) is 1. The number of ether oxygens (including phenoxy) is 1. The van der Waals surface area contributed by atoms with Crippen molar-refractivity contribution < 1.29 is 27.3 Å². The fourth-order valence-corrected chi connectivity index (χ4v) is 4.33. The number of esters is 1. The van der Waals surface area contributed by atoms with Crippen molar-refractivity contribution in [2.24, 2.45) is 0 Å². The van der Waals surface area contributed by atoms with Crippen molar-refractivity contribution in [2.75, 3.05) is 59.7 Å². The van der Waals surface area contributed by atoms with Gasteiger partial charge in [0.05, 0.1) is 25.7 Å². The van der Waals surface area contributed by atoms with E-state index in [2.05, 4.69) is 13.8 Å². The van der Waals surface area contributed by atoms with Crippen molar-refractivity contribution in [1.29, 1.82) is 0 Å². The summed E-state index contributed by atoms with van der Waals surface area (Å²) in [5, 5.41) is 0. The largest absolute Gasteiger partial charge is 0.505 e. The molecule has 0 aliphatic carbocycles. The zero-order valence-corrected chi connectivity index (χ0v) is 16.0. The Morgan fingerprint density at radius 3 is 2.00 bits per heavy atom. The molecule has 0 atom stereocenters. The first-order chi connectivity index (χ1) is 9.96. The summed E-state index contributed by atoms with van der Waals surface area (Å²) in [7, 11) is 2.22. The number of carbonyl (C=O) groups excluding carboxylic acids is 1. The molecule has 0 saturated heterocycles. The van der Waals surface area contributed by atoms with Gasteiger partial charge in [-0.15, -0.1) is 11.8 Å². The average Bonchev–Trinajstić information content (AvgIpc) is 2.53. The van der Waals surface area contributed by atoms with Crippen molar-refractivity contribution in [1.82, 2.24) is 0 Å². The highest BCUT2D eigenvalue weighted by Crippen LogP contribution is 2.18. The van der Waals surface area contributed by atoms with E-state index < -0.39 is 8.80 Å². The SMILES string of the molecule is CC[N+](CC)(CC[Si](OC)(OC)OC)CC(=O)OCSC. The number of hydrogen-bond donors (Lipinski definition) is 0. The van der Waals surface area contributed by atoms with E-state index in [4.69, 9.17) is 18.0 Å². The standard InChI is InChI=1S/C13H30NO5SSi/c1-7-14(8-2,11-13(15)19-12-20-6)9-10-21(16-3,17-4)18-5/h7-12H2,1-6H3/q+1. The van der Waals surface area contributed by atoms with Crippen LogP contribution in [0.5, 0.6) is 0 Å². The summed E-state index contributed by atoms with van der Waals surface area (Å²) in [5.74, 6) is 0.242. The van der Waals surface area contributed by atoms with Crippen molar-refractivity contribution in [3.05, 3.63) is 0 Å². The normalized spacial score (nSPS) is 12.5. The Balaban J connectivity index is 4.76. The van der Waals surface area contributed by atoms with E-state index in [0.717, 1.165) is 19.6 Å². The molecule has 0 aromatic carbocycles. The van der Waals surface area contributed by atoms with Gasteiger partial charge < -0.3 is 22.5 Å². The maximum atomic E-state index is 11.9. The van der Waals surface area contributed by atoms with Crippen LogP contribution in [0.1, 0.15) is 13.8 Å². The quantitative estimate of drug-likeness (QED) is 0.233. The van der Waals surface area contributed by atoms with Gasteiger partial charge in [0.1, 0.15) is 5.94 Å². The molecule has 0 fully saturated rings. The van der Waals surface area contributed by atoms with Crippen LogP contribution in [-0.2, 0) is 22.8 Å². The number of hydrogen-bond acceptors (Lipinski definition) is 6. The molecule has 0 aromatic rings. The van der Waals surface area contributed by atoms with Gasteiger partial charge in [0.25, 0.3) is 0 Å². The number of rotatable bonds is 12. The lowest BCUT2D eigenvalue weighted by atomic mass is 10.3. The lowest BCUT2D eigenvalue weighted by Crippen LogP contribution is -2.55. The maximum Gasteiger partial charge on any atom is 0.505 e. The van der Waals surface area contributed by atoms with Gasteiger partial charge in [-0.2, -0.15) is 0 Å². The zero-order chi connectivity index (χ0) is 16.4. The molecule has 0 aliphatic rings. The minimum atomic E-state index is -2.61. The topological polar surface area (TPSA) is 54.0 Å². The molecule has 0 aromatic heterocycles. The molecule has 21 heavy (non-hydrogen) atoms. The molecule has 0 unspecified atom stereocenters. The van der Waals surface area contributed by atoms with Crippen LogP contribution in [0.2, 0.25) is 6.04 Å². The van der Waals surface area contributed by atoms with Crippen molar-refractivity contribution in [3.63, 3.8) is 0 Å². The van der Waals surface area contributed by atoms with E-state index in [0.29, 0.717) is 23.0 Å². The van der Waals surface area contributed by atoms with Gasteiger partial charge >= 0.3 is 14.8 Å². The van der Waals surface area contributed by atoms with Crippen LogP contribution in [0.25, 0.3) is 0 Å². The third kappa shape index (κ3) is 6.66. The summed E-state index contributed by atoms with van der Waals surface area (Å²) >= 11 is 1.50. The number of quaternary nitrogens is 1. The van der Waals surface area contributed by atoms with Crippen molar-refractivity contribution in [3.8, 4) is 0 Å². The molecule has 8 heteroatoms. The van der Waals surface area contributed by atoms with Gasteiger partial charge in [-0.1, -0.05) is 0 Å². The molecule has 6 nitrogen and oxygen atoms in total. The minimum Gasteiger partial charge on any atom is -0.450 e. The molecule has 0 rings (SSSR count). The summed E-state index contributed by atoms with van der Waals surface area (Å²) in [6.45, 7) is 7.01. The van der Waals surface area contributed by atoms with E-state index in [1.807, 2.05) is 6.26 Å². The smallest absolute Gasteiger partial charge is 0.450 e. The lowest BCUT2D eigenvalue weighted by molar-refractivity contribution is -0.916. The van der Waals surface area contributed by atoms with Crippen molar-refractivity contribution in [2.45, 2.75) is 19.9 Å². The molecule has 0 aliphatic heterocycles. The molecule has 0 bridgehead atoms. The highest BCUT2D eigenvalue weighted by Gasteiger charge is 2.41. The van der Waals surface area contributed by atoms with Crippen LogP contribution in [0, 0.1) is 0 Å². The van der Waals surface area contributed by atoms with E-state index >= 15 is 0 Å². The van der Waals surface area contributed by atoms with Crippen LogP contribution in [0.3, 0.4) is 0 Å². The first-order valence-corrected chi connectivity index (χ1v) is 10.4. The molecule has 0 N–H and O–H groups in total. The summed E-state index contributed by atoms with van der Waals surface area (Å²) in [6, 6.07) is 0.675. The van der Waals surface area contributed by atoms with Gasteiger partial charge in [-0.05, 0) is 20.1 Å². The monoisotopic (exact) mass is 340 g/mol. The van der Waals surface area contributed by atoms with Gasteiger partial charge in [-0.25, -0.2) is 4.79 Å². The molecular formula is C13H30NO5SSi+. The minimum absolute atomic E-state index is 0.160. The molecule has 0 heterocycles. The number of thioether (sulfide) groups is 1. The fourth-order valence-electron chi connectivity index (χ4n) is 2.22. The van der Waals surface area contributed by atoms with Gasteiger partial charge in [-0.3, -0.25) is 0 Å². The summed E-state index contributed by atoms with van der Waals surface area (Å²) in [5.41, 5.74) is 0. The Hall–Kier alpha value is -0.123. The van der Waals surface area contributed by atoms with E-state index in [-0.39, 0.29) is 5.97 Å². The van der Waals surface area contributed by atoms with E-state index in [1.165, 1.54) is 11.8 Å². The predicted molar refractivity (Wildman–Crippen MR) is 87.1 cm³/mol. The Kier molecular flexibility index (Phi) is 10.5. The zero-order valence-electron chi connectivity index (χ0n) is 14.1. The summed E-state index contributed by atoms with van der Waals surface area (Å²) in [6.07, 6.45) is 1.91. The average molecular weight is 341 g/mol. The Morgan fingerprint density at radius 2 is 1.62 bits per heavy atom. The Labute approximate surface area is 134 Å². The predicted octanol–water partition coefficient (Wildman–Crippen LogP) is 1.58. The first kappa shape index (κ1) is 20.9. The Bertz CT molecular complexity index is 290. The molecule has 0 saturated carbocycles. The van der Waals surface area contributed by atoms with Gasteiger partial charge in [0.2, 0.25) is 0 Å².